The monoisotopic (exact) mass is 411 g/mol. The minimum absolute atomic E-state index is 0.0874. The predicted molar refractivity (Wildman–Crippen MR) is 115 cm³/mol. The van der Waals surface area contributed by atoms with Crippen molar-refractivity contribution in [2.45, 2.75) is 39.0 Å². The highest BCUT2D eigenvalue weighted by Gasteiger charge is 2.13. The quantitative estimate of drug-likeness (QED) is 0.489. The average Bonchev–Trinajstić information content (AvgIpc) is 3.07. The number of ether oxygens (including phenoxy) is 1. The Kier molecular flexibility index (Phi) is 6.99. The van der Waals surface area contributed by atoms with Crippen molar-refractivity contribution in [3.8, 4) is 17.2 Å². The van der Waals surface area contributed by atoms with Crippen molar-refractivity contribution in [1.82, 2.24) is 4.98 Å². The molecule has 1 heterocycles. The van der Waals surface area contributed by atoms with Gasteiger partial charge in [-0.3, -0.25) is 4.79 Å². The van der Waals surface area contributed by atoms with Gasteiger partial charge in [0.15, 0.2) is 0 Å². The van der Waals surface area contributed by atoms with E-state index in [2.05, 4.69) is 31.0 Å². The highest BCUT2D eigenvalue weighted by atomic mass is 32.2. The summed E-state index contributed by atoms with van der Waals surface area (Å²) in [6.07, 6.45) is 0. The van der Waals surface area contributed by atoms with Gasteiger partial charge in [0, 0.05) is 11.3 Å². The fourth-order valence-corrected chi connectivity index (χ4v) is 3.52. The minimum atomic E-state index is -0.807. The topological polar surface area (TPSA) is 72.6 Å². The van der Waals surface area contributed by atoms with Crippen LogP contribution >= 0.6 is 11.8 Å². The number of aryl methyl sites for hydroxylation is 1. The summed E-state index contributed by atoms with van der Waals surface area (Å²) in [5.41, 5.74) is 4.01. The maximum atomic E-state index is 10.6. The van der Waals surface area contributed by atoms with E-state index in [1.54, 1.807) is 0 Å². The van der Waals surface area contributed by atoms with Gasteiger partial charge in [-0.1, -0.05) is 38.1 Å². The normalized spacial score (nSPS) is 11.0. The van der Waals surface area contributed by atoms with Crippen LogP contribution in [0, 0.1) is 6.92 Å². The highest BCUT2D eigenvalue weighted by Crippen LogP contribution is 2.25. The first kappa shape index (κ1) is 21.0. The summed E-state index contributed by atoms with van der Waals surface area (Å²) in [5, 5.41) is 8.74. The first-order valence-electron chi connectivity index (χ1n) is 9.50. The molecule has 29 heavy (non-hydrogen) atoms. The van der Waals surface area contributed by atoms with Gasteiger partial charge in [0.05, 0.1) is 5.75 Å². The van der Waals surface area contributed by atoms with Crippen molar-refractivity contribution in [2.75, 3.05) is 5.75 Å². The number of hydrogen-bond donors (Lipinski definition) is 1. The second-order valence-electron chi connectivity index (χ2n) is 7.12. The molecule has 0 aliphatic rings. The predicted octanol–water partition coefficient (Wildman–Crippen LogP) is 5.67. The Hall–Kier alpha value is -2.73. The first-order chi connectivity index (χ1) is 13.9. The van der Waals surface area contributed by atoms with E-state index in [4.69, 9.17) is 14.3 Å². The van der Waals surface area contributed by atoms with Crippen molar-refractivity contribution in [1.29, 1.82) is 0 Å². The number of aromatic nitrogens is 1. The van der Waals surface area contributed by atoms with Crippen molar-refractivity contribution in [3.05, 3.63) is 71.1 Å². The van der Waals surface area contributed by atoms with Crippen LogP contribution in [-0.4, -0.2) is 21.8 Å². The molecule has 152 valence electrons. The number of carboxylic acids is 1. The molecule has 1 N–H and O–H groups in total. The fourth-order valence-electron chi connectivity index (χ4n) is 2.83. The molecule has 1 aromatic heterocycles. The molecule has 0 bridgehead atoms. The molecule has 0 aliphatic carbocycles. The Morgan fingerprint density at radius 2 is 1.97 bits per heavy atom. The third-order valence-corrected chi connectivity index (χ3v) is 5.47. The Morgan fingerprint density at radius 3 is 2.66 bits per heavy atom. The number of oxazole rings is 1. The number of carbonyl (C=O) groups is 1. The molecule has 3 aromatic rings. The molecule has 0 fully saturated rings. The summed E-state index contributed by atoms with van der Waals surface area (Å²) in [6, 6.07) is 15.9. The van der Waals surface area contributed by atoms with E-state index in [1.807, 2.05) is 43.3 Å². The van der Waals surface area contributed by atoms with E-state index in [1.165, 1.54) is 17.3 Å². The van der Waals surface area contributed by atoms with E-state index < -0.39 is 5.97 Å². The molecule has 0 saturated carbocycles. The molecule has 0 unspecified atom stereocenters. The third kappa shape index (κ3) is 5.87. The number of rotatable bonds is 9. The van der Waals surface area contributed by atoms with Crippen LogP contribution < -0.4 is 4.74 Å². The molecule has 5 nitrogen and oxygen atoms in total. The molecule has 3 rings (SSSR count). The lowest BCUT2D eigenvalue weighted by Crippen LogP contribution is -1.99. The van der Waals surface area contributed by atoms with Crippen LogP contribution in [0.1, 0.15) is 42.3 Å². The van der Waals surface area contributed by atoms with Gasteiger partial charge in [-0.2, -0.15) is 0 Å². The van der Waals surface area contributed by atoms with Gasteiger partial charge in [0.1, 0.15) is 23.8 Å². The molecule has 0 saturated heterocycles. The van der Waals surface area contributed by atoms with Crippen molar-refractivity contribution in [2.24, 2.45) is 0 Å². The SMILES string of the molecule is Cc1oc(-c2ccc(C(C)C)cc2)nc1COc1cccc(CSCC(=O)O)c1. The van der Waals surface area contributed by atoms with Gasteiger partial charge in [0.2, 0.25) is 5.89 Å². The van der Waals surface area contributed by atoms with E-state index in [0.717, 1.165) is 28.3 Å². The van der Waals surface area contributed by atoms with Crippen LogP contribution in [0.2, 0.25) is 0 Å². The van der Waals surface area contributed by atoms with E-state index in [-0.39, 0.29) is 5.75 Å². The Labute approximate surface area is 175 Å². The van der Waals surface area contributed by atoms with Crippen molar-refractivity contribution >= 4 is 17.7 Å². The molecule has 0 aliphatic heterocycles. The zero-order valence-electron chi connectivity index (χ0n) is 16.8. The standard InChI is InChI=1S/C23H25NO4S/c1-15(2)18-7-9-19(10-8-18)23-24-21(16(3)28-23)12-27-20-6-4-5-17(11-20)13-29-14-22(25)26/h4-11,15H,12-14H2,1-3H3,(H,25,26). The van der Waals surface area contributed by atoms with Crippen LogP contribution in [-0.2, 0) is 17.2 Å². The Bertz CT molecular complexity index is 963. The average molecular weight is 412 g/mol. The number of aliphatic carboxylic acids is 1. The molecule has 0 spiro atoms. The van der Waals surface area contributed by atoms with Crippen molar-refractivity contribution in [3.63, 3.8) is 0 Å². The smallest absolute Gasteiger partial charge is 0.313 e. The summed E-state index contributed by atoms with van der Waals surface area (Å²) in [6.45, 7) is 6.53. The second-order valence-corrected chi connectivity index (χ2v) is 8.11. The van der Waals surface area contributed by atoms with Crippen LogP contribution in [0.5, 0.6) is 5.75 Å². The largest absolute Gasteiger partial charge is 0.487 e. The lowest BCUT2D eigenvalue weighted by Gasteiger charge is -2.07. The van der Waals surface area contributed by atoms with Gasteiger partial charge in [0.25, 0.3) is 0 Å². The van der Waals surface area contributed by atoms with Crippen LogP contribution in [0.15, 0.2) is 52.9 Å². The van der Waals surface area contributed by atoms with Crippen LogP contribution in [0.3, 0.4) is 0 Å². The van der Waals surface area contributed by atoms with Gasteiger partial charge >= 0.3 is 5.97 Å². The van der Waals surface area contributed by atoms with Gasteiger partial charge < -0.3 is 14.3 Å². The second kappa shape index (κ2) is 9.65. The zero-order valence-corrected chi connectivity index (χ0v) is 17.7. The maximum Gasteiger partial charge on any atom is 0.313 e. The number of thioether (sulfide) groups is 1. The summed E-state index contributed by atoms with van der Waals surface area (Å²) >= 11 is 1.36. The van der Waals surface area contributed by atoms with Crippen molar-refractivity contribution < 1.29 is 19.1 Å². The van der Waals surface area contributed by atoms with E-state index >= 15 is 0 Å². The first-order valence-corrected chi connectivity index (χ1v) is 10.7. The highest BCUT2D eigenvalue weighted by molar-refractivity contribution is 7.99. The molecule has 0 amide bonds. The van der Waals surface area contributed by atoms with Gasteiger partial charge in [-0.15, -0.1) is 11.8 Å². The lowest BCUT2D eigenvalue weighted by molar-refractivity contribution is -0.133. The van der Waals surface area contributed by atoms with E-state index in [0.29, 0.717) is 24.2 Å². The van der Waals surface area contributed by atoms with Gasteiger partial charge in [-0.05, 0) is 48.2 Å². The number of hydrogen-bond acceptors (Lipinski definition) is 5. The number of nitrogens with zero attached hydrogens (tertiary/aromatic N) is 1. The third-order valence-electron chi connectivity index (χ3n) is 4.49. The number of benzene rings is 2. The molecule has 0 radical (unpaired) electrons. The summed E-state index contributed by atoms with van der Waals surface area (Å²) < 4.78 is 11.7. The summed E-state index contributed by atoms with van der Waals surface area (Å²) in [5.74, 6) is 2.45. The summed E-state index contributed by atoms with van der Waals surface area (Å²) in [7, 11) is 0. The maximum absolute atomic E-state index is 10.6. The molecular weight excluding hydrogens is 386 g/mol. The molecule has 2 aromatic carbocycles. The fraction of sp³-hybridized carbons (Fsp3) is 0.304. The Balaban J connectivity index is 1.63. The molecule has 6 heteroatoms. The number of carboxylic acid groups (broad SMARTS) is 1. The van der Waals surface area contributed by atoms with E-state index in [9.17, 15) is 4.79 Å². The Morgan fingerprint density at radius 1 is 1.21 bits per heavy atom. The molecule has 0 atom stereocenters. The van der Waals surface area contributed by atoms with Crippen LogP contribution in [0.25, 0.3) is 11.5 Å². The zero-order chi connectivity index (χ0) is 20.8. The van der Waals surface area contributed by atoms with Crippen LogP contribution in [0.4, 0.5) is 0 Å². The minimum Gasteiger partial charge on any atom is -0.487 e. The molecular formula is C23H25NO4S. The van der Waals surface area contributed by atoms with Gasteiger partial charge in [-0.25, -0.2) is 4.98 Å². The lowest BCUT2D eigenvalue weighted by atomic mass is 10.0. The summed E-state index contributed by atoms with van der Waals surface area (Å²) in [4.78, 5) is 15.2.